The quantitative estimate of drug-likeness (QED) is 0.554. The predicted octanol–water partition coefficient (Wildman–Crippen LogP) is 2.34. The van der Waals surface area contributed by atoms with Crippen LogP contribution in [0.4, 0.5) is 0 Å². The van der Waals surface area contributed by atoms with Crippen molar-refractivity contribution in [1.82, 2.24) is 4.90 Å². The van der Waals surface area contributed by atoms with Gasteiger partial charge in [-0.2, -0.15) is 12.6 Å². The summed E-state index contributed by atoms with van der Waals surface area (Å²) in [6.45, 7) is 2.26. The molecule has 0 bridgehead atoms. The first-order valence-corrected chi connectivity index (χ1v) is 6.16. The van der Waals surface area contributed by atoms with E-state index in [1.54, 1.807) is 0 Å². The number of carbonyl (C=O) groups excluding carboxylic acids is 1. The molecule has 0 aromatic carbocycles. The van der Waals surface area contributed by atoms with E-state index >= 15 is 0 Å². The second-order valence-corrected chi connectivity index (χ2v) is 4.66. The first kappa shape index (κ1) is 11.9. The predicted molar refractivity (Wildman–Crippen MR) is 62.7 cm³/mol. The first-order valence-electron chi connectivity index (χ1n) is 5.53. The molecular formula is C11H21NOS. The van der Waals surface area contributed by atoms with Gasteiger partial charge >= 0.3 is 0 Å². The van der Waals surface area contributed by atoms with Gasteiger partial charge < -0.3 is 4.90 Å². The van der Waals surface area contributed by atoms with Gasteiger partial charge in [-0.3, -0.25) is 4.79 Å². The van der Waals surface area contributed by atoms with Crippen molar-refractivity contribution in [2.75, 3.05) is 12.8 Å². The topological polar surface area (TPSA) is 20.3 Å². The Kier molecular flexibility index (Phi) is 4.79. The molecule has 1 fully saturated rings. The zero-order valence-electron chi connectivity index (χ0n) is 9.20. The van der Waals surface area contributed by atoms with Crippen molar-refractivity contribution in [1.29, 1.82) is 0 Å². The summed E-state index contributed by atoms with van der Waals surface area (Å²) < 4.78 is 0. The molecule has 0 aromatic heterocycles. The zero-order chi connectivity index (χ0) is 10.6. The number of hydrogen-bond donors (Lipinski definition) is 1. The van der Waals surface area contributed by atoms with Crippen molar-refractivity contribution < 1.29 is 4.79 Å². The van der Waals surface area contributed by atoms with E-state index in [1.165, 1.54) is 25.7 Å². The molecular weight excluding hydrogens is 194 g/mol. The number of hydrogen-bond acceptors (Lipinski definition) is 2. The fourth-order valence-corrected chi connectivity index (χ4v) is 2.57. The molecule has 14 heavy (non-hydrogen) atoms. The molecule has 0 aliphatic heterocycles. The maximum atomic E-state index is 11.5. The molecule has 3 heteroatoms. The number of rotatable bonds is 2. The van der Waals surface area contributed by atoms with Gasteiger partial charge in [0.25, 0.3) is 0 Å². The minimum Gasteiger partial charge on any atom is -0.342 e. The van der Waals surface area contributed by atoms with Crippen LogP contribution in [0, 0.1) is 5.92 Å². The van der Waals surface area contributed by atoms with Crippen molar-refractivity contribution in [3.63, 3.8) is 0 Å². The monoisotopic (exact) mass is 215 g/mol. The van der Waals surface area contributed by atoms with Crippen LogP contribution in [0.15, 0.2) is 0 Å². The van der Waals surface area contributed by atoms with Crippen molar-refractivity contribution in [2.45, 2.75) is 45.1 Å². The Morgan fingerprint density at radius 3 is 2.64 bits per heavy atom. The van der Waals surface area contributed by atoms with Crippen LogP contribution in [-0.2, 0) is 4.79 Å². The van der Waals surface area contributed by atoms with Crippen LogP contribution in [0.1, 0.15) is 39.0 Å². The normalized spacial score (nSPS) is 28.2. The third-order valence-electron chi connectivity index (χ3n) is 3.34. The zero-order valence-corrected chi connectivity index (χ0v) is 10.1. The summed E-state index contributed by atoms with van der Waals surface area (Å²) in [5.74, 6) is 1.14. The van der Waals surface area contributed by atoms with E-state index in [0.717, 1.165) is 6.42 Å². The van der Waals surface area contributed by atoms with Gasteiger partial charge in [-0.05, 0) is 18.8 Å². The Morgan fingerprint density at radius 2 is 2.00 bits per heavy atom. The van der Waals surface area contributed by atoms with Crippen molar-refractivity contribution >= 4 is 18.5 Å². The van der Waals surface area contributed by atoms with Gasteiger partial charge in [0.05, 0.1) is 5.75 Å². The minimum atomic E-state index is 0.159. The molecule has 0 saturated heterocycles. The van der Waals surface area contributed by atoms with Gasteiger partial charge in [0, 0.05) is 13.1 Å². The van der Waals surface area contributed by atoms with Gasteiger partial charge in [0.1, 0.15) is 0 Å². The van der Waals surface area contributed by atoms with E-state index in [-0.39, 0.29) is 5.91 Å². The summed E-state index contributed by atoms with van der Waals surface area (Å²) >= 11 is 4.04. The molecule has 1 amide bonds. The maximum Gasteiger partial charge on any atom is 0.232 e. The van der Waals surface area contributed by atoms with Crippen LogP contribution in [-0.4, -0.2) is 29.6 Å². The van der Waals surface area contributed by atoms with Crippen molar-refractivity contribution in [2.24, 2.45) is 5.92 Å². The second kappa shape index (κ2) is 5.64. The van der Waals surface area contributed by atoms with Crippen LogP contribution in [0.5, 0.6) is 0 Å². The average Bonchev–Trinajstić information content (AvgIpc) is 2.40. The molecule has 0 N–H and O–H groups in total. The lowest BCUT2D eigenvalue weighted by Crippen LogP contribution is -2.41. The Labute approximate surface area is 92.5 Å². The molecule has 0 aromatic rings. The standard InChI is InChI=1S/C11H21NOS/c1-9-6-4-3-5-7-10(9)12(2)11(13)8-14/h9-10,14H,3-8H2,1-2H3. The lowest BCUT2D eigenvalue weighted by Gasteiger charge is -2.31. The Hall–Kier alpha value is -0.180. The van der Waals surface area contributed by atoms with Crippen LogP contribution in [0.2, 0.25) is 0 Å². The summed E-state index contributed by atoms with van der Waals surface area (Å²) in [7, 11) is 1.92. The molecule has 1 aliphatic rings. The van der Waals surface area contributed by atoms with E-state index in [4.69, 9.17) is 0 Å². The number of nitrogens with zero attached hydrogens (tertiary/aromatic N) is 1. The molecule has 1 aliphatic carbocycles. The average molecular weight is 215 g/mol. The SMILES string of the molecule is CC1CCCCCC1N(C)C(=O)CS. The molecule has 2 unspecified atom stereocenters. The first-order chi connectivity index (χ1) is 6.66. The summed E-state index contributed by atoms with van der Waals surface area (Å²) in [6, 6.07) is 0.442. The third kappa shape index (κ3) is 2.91. The van der Waals surface area contributed by atoms with E-state index in [1.807, 2.05) is 11.9 Å². The van der Waals surface area contributed by atoms with Crippen LogP contribution < -0.4 is 0 Å². The third-order valence-corrected chi connectivity index (χ3v) is 3.61. The number of amides is 1. The van der Waals surface area contributed by atoms with Gasteiger partial charge in [-0.25, -0.2) is 0 Å². The molecule has 2 atom stereocenters. The van der Waals surface area contributed by atoms with E-state index in [0.29, 0.717) is 17.7 Å². The van der Waals surface area contributed by atoms with E-state index in [2.05, 4.69) is 19.6 Å². The Balaban J connectivity index is 2.58. The van der Waals surface area contributed by atoms with Crippen LogP contribution in [0.25, 0.3) is 0 Å². The molecule has 0 radical (unpaired) electrons. The lowest BCUT2D eigenvalue weighted by atomic mass is 9.96. The van der Waals surface area contributed by atoms with Crippen molar-refractivity contribution in [3.05, 3.63) is 0 Å². The van der Waals surface area contributed by atoms with Gasteiger partial charge in [0.15, 0.2) is 0 Å². The Bertz CT molecular complexity index is 196. The van der Waals surface area contributed by atoms with Gasteiger partial charge in [-0.15, -0.1) is 0 Å². The van der Waals surface area contributed by atoms with Crippen LogP contribution >= 0.6 is 12.6 Å². The minimum absolute atomic E-state index is 0.159. The summed E-state index contributed by atoms with van der Waals surface area (Å²) in [5, 5.41) is 0. The fourth-order valence-electron chi connectivity index (χ4n) is 2.35. The fraction of sp³-hybridized carbons (Fsp3) is 0.909. The molecule has 0 heterocycles. The highest BCUT2D eigenvalue weighted by molar-refractivity contribution is 7.81. The molecule has 2 nitrogen and oxygen atoms in total. The maximum absolute atomic E-state index is 11.5. The molecule has 82 valence electrons. The smallest absolute Gasteiger partial charge is 0.232 e. The lowest BCUT2D eigenvalue weighted by molar-refractivity contribution is -0.130. The highest BCUT2D eigenvalue weighted by Crippen LogP contribution is 2.26. The highest BCUT2D eigenvalue weighted by atomic mass is 32.1. The van der Waals surface area contributed by atoms with Crippen molar-refractivity contribution in [3.8, 4) is 0 Å². The van der Waals surface area contributed by atoms with Crippen LogP contribution in [0.3, 0.4) is 0 Å². The van der Waals surface area contributed by atoms with Gasteiger partial charge in [0.2, 0.25) is 5.91 Å². The summed E-state index contributed by atoms with van der Waals surface area (Å²) in [5.41, 5.74) is 0. The highest BCUT2D eigenvalue weighted by Gasteiger charge is 2.25. The molecule has 1 rings (SSSR count). The van der Waals surface area contributed by atoms with E-state index in [9.17, 15) is 4.79 Å². The largest absolute Gasteiger partial charge is 0.342 e. The molecule has 1 saturated carbocycles. The van der Waals surface area contributed by atoms with Gasteiger partial charge in [-0.1, -0.05) is 26.2 Å². The van der Waals surface area contributed by atoms with E-state index < -0.39 is 0 Å². The Morgan fingerprint density at radius 1 is 1.36 bits per heavy atom. The summed E-state index contributed by atoms with van der Waals surface area (Å²) in [6.07, 6.45) is 6.33. The number of thiol groups is 1. The number of carbonyl (C=O) groups is 1. The second-order valence-electron chi connectivity index (χ2n) is 4.35. The molecule has 0 spiro atoms. The summed E-state index contributed by atoms with van der Waals surface area (Å²) in [4.78, 5) is 13.4.